The summed E-state index contributed by atoms with van der Waals surface area (Å²) in [5.74, 6) is -0.0493. The van der Waals surface area contributed by atoms with Crippen molar-refractivity contribution in [1.82, 2.24) is 0 Å². The number of hydrogen-bond donors (Lipinski definition) is 2. The molecule has 2 rings (SSSR count). The molecule has 2 aromatic rings. The van der Waals surface area contributed by atoms with Crippen LogP contribution >= 0.6 is 0 Å². The number of para-hydroxylation sites is 1. The molecular weight excluding hydrogens is 246 g/mol. The smallest absolute Gasteiger partial charge is 0.278 e. The third-order valence-electron chi connectivity index (χ3n) is 2.38. The summed E-state index contributed by atoms with van der Waals surface area (Å²) in [6, 6.07) is 13.0. The Labute approximate surface area is 109 Å². The average molecular weight is 257 g/mol. The van der Waals surface area contributed by atoms with Gasteiger partial charge in [0.05, 0.1) is 22.4 Å². The molecule has 96 valence electrons. The van der Waals surface area contributed by atoms with Crippen molar-refractivity contribution in [3.63, 3.8) is 0 Å². The first-order valence-corrected chi connectivity index (χ1v) is 5.48. The van der Waals surface area contributed by atoms with Gasteiger partial charge in [-0.25, -0.2) is 0 Å². The number of nitro benzene ring substituents is 1. The largest absolute Gasteiger partial charge is 0.508 e. The van der Waals surface area contributed by atoms with Gasteiger partial charge >= 0.3 is 0 Å². The molecule has 0 aliphatic rings. The number of nitrogens with zero attached hydrogens (tertiary/aromatic N) is 2. The van der Waals surface area contributed by atoms with Gasteiger partial charge in [0, 0.05) is 6.07 Å². The van der Waals surface area contributed by atoms with Gasteiger partial charge in [-0.05, 0) is 24.3 Å². The van der Waals surface area contributed by atoms with E-state index in [1.807, 2.05) is 30.3 Å². The lowest BCUT2D eigenvalue weighted by Crippen LogP contribution is -1.96. The van der Waals surface area contributed by atoms with Gasteiger partial charge in [-0.15, -0.1) is 0 Å². The van der Waals surface area contributed by atoms with E-state index in [0.29, 0.717) is 0 Å². The van der Waals surface area contributed by atoms with Crippen LogP contribution in [0.4, 0.5) is 11.4 Å². The Kier molecular flexibility index (Phi) is 3.72. The highest BCUT2D eigenvalue weighted by molar-refractivity contribution is 5.86. The van der Waals surface area contributed by atoms with Crippen LogP contribution in [0.1, 0.15) is 5.56 Å². The third-order valence-corrected chi connectivity index (χ3v) is 2.38. The first-order valence-electron chi connectivity index (χ1n) is 5.48. The van der Waals surface area contributed by atoms with Gasteiger partial charge in [-0.3, -0.25) is 15.5 Å². The highest BCUT2D eigenvalue weighted by Crippen LogP contribution is 2.21. The van der Waals surface area contributed by atoms with Crippen LogP contribution in [-0.2, 0) is 0 Å². The van der Waals surface area contributed by atoms with Crippen LogP contribution in [0.25, 0.3) is 0 Å². The number of phenols is 1. The molecule has 0 aliphatic heterocycles. The Morgan fingerprint density at radius 3 is 2.63 bits per heavy atom. The van der Waals surface area contributed by atoms with Crippen LogP contribution in [0.2, 0.25) is 0 Å². The van der Waals surface area contributed by atoms with Crippen molar-refractivity contribution in [1.29, 1.82) is 0 Å². The standard InChI is InChI=1S/C13H11N3O3/c17-12-6-7-13(16(18)19)10(8-12)9-14-15-11-4-2-1-3-5-11/h1-9,15,17H. The number of nitro groups is 1. The number of anilines is 1. The molecule has 2 N–H and O–H groups in total. The number of nitrogens with one attached hydrogen (secondary N) is 1. The monoisotopic (exact) mass is 257 g/mol. The zero-order valence-corrected chi connectivity index (χ0v) is 9.85. The minimum Gasteiger partial charge on any atom is -0.508 e. The van der Waals surface area contributed by atoms with Crippen molar-refractivity contribution in [2.24, 2.45) is 5.10 Å². The second-order valence-electron chi connectivity index (χ2n) is 3.74. The maximum Gasteiger partial charge on any atom is 0.278 e. The summed E-state index contributed by atoms with van der Waals surface area (Å²) in [6.07, 6.45) is 1.30. The molecule has 6 nitrogen and oxygen atoms in total. The fourth-order valence-electron chi connectivity index (χ4n) is 1.50. The van der Waals surface area contributed by atoms with Crippen molar-refractivity contribution in [3.05, 3.63) is 64.2 Å². The molecular formula is C13H11N3O3. The molecule has 0 saturated heterocycles. The van der Waals surface area contributed by atoms with Crippen LogP contribution in [0.15, 0.2) is 53.6 Å². The Morgan fingerprint density at radius 1 is 1.21 bits per heavy atom. The Bertz CT molecular complexity index is 612. The van der Waals surface area contributed by atoms with Crippen LogP contribution in [0.3, 0.4) is 0 Å². The minimum atomic E-state index is -0.524. The fraction of sp³-hybridized carbons (Fsp3) is 0. The summed E-state index contributed by atoms with van der Waals surface area (Å²) in [7, 11) is 0. The van der Waals surface area contributed by atoms with Crippen molar-refractivity contribution >= 4 is 17.6 Å². The van der Waals surface area contributed by atoms with E-state index in [-0.39, 0.29) is 17.0 Å². The molecule has 6 heteroatoms. The Hall–Kier alpha value is -2.89. The van der Waals surface area contributed by atoms with Crippen LogP contribution in [0, 0.1) is 10.1 Å². The lowest BCUT2D eigenvalue weighted by Gasteiger charge is -2.00. The van der Waals surface area contributed by atoms with Crippen LogP contribution < -0.4 is 5.43 Å². The number of phenolic OH excluding ortho intramolecular Hbond substituents is 1. The Morgan fingerprint density at radius 2 is 1.95 bits per heavy atom. The highest BCUT2D eigenvalue weighted by atomic mass is 16.6. The summed E-state index contributed by atoms with van der Waals surface area (Å²) < 4.78 is 0. The molecule has 0 saturated carbocycles. The SMILES string of the molecule is O=[N+]([O-])c1ccc(O)cc1C=NNc1ccccc1. The van der Waals surface area contributed by atoms with Gasteiger partial charge in [-0.2, -0.15) is 5.10 Å². The molecule has 0 atom stereocenters. The maximum atomic E-state index is 10.8. The lowest BCUT2D eigenvalue weighted by atomic mass is 10.2. The van der Waals surface area contributed by atoms with Crippen LogP contribution in [0.5, 0.6) is 5.75 Å². The van der Waals surface area contributed by atoms with Crippen molar-refractivity contribution in [3.8, 4) is 5.75 Å². The number of aromatic hydroxyl groups is 1. The molecule has 0 heterocycles. The minimum absolute atomic E-state index is 0.0493. The van der Waals surface area contributed by atoms with E-state index >= 15 is 0 Å². The van der Waals surface area contributed by atoms with E-state index < -0.39 is 4.92 Å². The molecule has 19 heavy (non-hydrogen) atoms. The van der Waals surface area contributed by atoms with E-state index in [4.69, 9.17) is 0 Å². The quantitative estimate of drug-likeness (QED) is 0.500. The molecule has 0 spiro atoms. The number of hydrogen-bond acceptors (Lipinski definition) is 5. The molecule has 0 amide bonds. The van der Waals surface area contributed by atoms with Crippen molar-refractivity contribution < 1.29 is 10.0 Å². The first kappa shape index (κ1) is 12.6. The Balaban J connectivity index is 2.18. The molecule has 0 aliphatic carbocycles. The molecule has 0 fully saturated rings. The zero-order chi connectivity index (χ0) is 13.7. The topological polar surface area (TPSA) is 87.8 Å². The summed E-state index contributed by atoms with van der Waals surface area (Å²) in [5.41, 5.74) is 3.62. The summed E-state index contributed by atoms with van der Waals surface area (Å²) in [6.45, 7) is 0. The zero-order valence-electron chi connectivity index (χ0n) is 9.85. The summed E-state index contributed by atoms with van der Waals surface area (Å²) >= 11 is 0. The van der Waals surface area contributed by atoms with E-state index in [1.54, 1.807) is 0 Å². The number of hydrazone groups is 1. The molecule has 0 bridgehead atoms. The molecule has 0 radical (unpaired) electrons. The van der Waals surface area contributed by atoms with Gasteiger partial charge in [-0.1, -0.05) is 18.2 Å². The summed E-state index contributed by atoms with van der Waals surface area (Å²) in [5, 5.41) is 24.0. The second kappa shape index (κ2) is 5.63. The van der Waals surface area contributed by atoms with Gasteiger partial charge in [0.25, 0.3) is 5.69 Å². The van der Waals surface area contributed by atoms with Gasteiger partial charge in [0.1, 0.15) is 5.75 Å². The lowest BCUT2D eigenvalue weighted by molar-refractivity contribution is -0.385. The van der Waals surface area contributed by atoms with Crippen molar-refractivity contribution in [2.75, 3.05) is 5.43 Å². The number of benzene rings is 2. The molecule has 0 unspecified atom stereocenters. The molecule has 0 aromatic heterocycles. The van der Waals surface area contributed by atoms with E-state index in [1.165, 1.54) is 24.4 Å². The average Bonchev–Trinajstić information content (AvgIpc) is 2.39. The van der Waals surface area contributed by atoms with E-state index in [2.05, 4.69) is 10.5 Å². The van der Waals surface area contributed by atoms with Gasteiger partial charge in [0.2, 0.25) is 0 Å². The summed E-state index contributed by atoms with van der Waals surface area (Å²) in [4.78, 5) is 10.3. The maximum absolute atomic E-state index is 10.8. The fourth-order valence-corrected chi connectivity index (χ4v) is 1.50. The van der Waals surface area contributed by atoms with Crippen LogP contribution in [-0.4, -0.2) is 16.2 Å². The third kappa shape index (κ3) is 3.29. The predicted octanol–water partition coefficient (Wildman–Crippen LogP) is 2.75. The molecule has 2 aromatic carbocycles. The highest BCUT2D eigenvalue weighted by Gasteiger charge is 2.12. The normalized spacial score (nSPS) is 10.5. The van der Waals surface area contributed by atoms with Gasteiger partial charge < -0.3 is 5.11 Å². The first-order chi connectivity index (χ1) is 9.16. The van der Waals surface area contributed by atoms with Gasteiger partial charge in [0.15, 0.2) is 0 Å². The van der Waals surface area contributed by atoms with E-state index in [0.717, 1.165) is 5.69 Å². The van der Waals surface area contributed by atoms with Crippen molar-refractivity contribution in [2.45, 2.75) is 0 Å². The number of rotatable bonds is 4. The second-order valence-corrected chi connectivity index (χ2v) is 3.74. The predicted molar refractivity (Wildman–Crippen MR) is 72.4 cm³/mol. The van der Waals surface area contributed by atoms with E-state index in [9.17, 15) is 15.2 Å².